The molecule has 144 valence electrons. The molecule has 3 rings (SSSR count). The van der Waals surface area contributed by atoms with Gasteiger partial charge in [-0.3, -0.25) is 4.79 Å². The summed E-state index contributed by atoms with van der Waals surface area (Å²) in [5.74, 6) is -0.498. The van der Waals surface area contributed by atoms with Gasteiger partial charge in [-0.05, 0) is 61.9 Å². The summed E-state index contributed by atoms with van der Waals surface area (Å²) < 4.78 is 15.1. The van der Waals surface area contributed by atoms with E-state index in [1.165, 1.54) is 12.1 Å². The van der Waals surface area contributed by atoms with Crippen molar-refractivity contribution in [3.05, 3.63) is 82.9 Å². The van der Waals surface area contributed by atoms with Crippen LogP contribution in [0.5, 0.6) is 0 Å². The number of amides is 3. The molecule has 0 atom stereocenters. The Morgan fingerprint density at radius 3 is 2.29 bits per heavy atom. The van der Waals surface area contributed by atoms with E-state index in [-0.39, 0.29) is 11.7 Å². The number of aromatic nitrogens is 1. The summed E-state index contributed by atoms with van der Waals surface area (Å²) in [6, 6.07) is 14.4. The first-order valence-electron chi connectivity index (χ1n) is 8.73. The predicted molar refractivity (Wildman–Crippen MR) is 106 cm³/mol. The average molecular weight is 380 g/mol. The van der Waals surface area contributed by atoms with Crippen molar-refractivity contribution >= 4 is 17.6 Å². The van der Waals surface area contributed by atoms with E-state index in [0.717, 1.165) is 22.6 Å². The second kappa shape index (κ2) is 7.96. The van der Waals surface area contributed by atoms with Gasteiger partial charge in [0.05, 0.1) is 5.56 Å². The maximum Gasteiger partial charge on any atom is 0.316 e. The number of urea groups is 1. The number of carbonyl (C=O) groups is 2. The molecule has 3 amide bonds. The van der Waals surface area contributed by atoms with Gasteiger partial charge >= 0.3 is 6.03 Å². The number of nitrogens with two attached hydrogens (primary N) is 1. The molecule has 0 aliphatic heterocycles. The van der Waals surface area contributed by atoms with Gasteiger partial charge in [-0.1, -0.05) is 12.1 Å². The summed E-state index contributed by atoms with van der Waals surface area (Å²) >= 11 is 0. The largest absolute Gasteiger partial charge is 0.351 e. The van der Waals surface area contributed by atoms with Crippen molar-refractivity contribution in [3.8, 4) is 5.69 Å². The molecule has 0 saturated carbocycles. The average Bonchev–Trinajstić information content (AvgIpc) is 2.96. The number of aryl methyl sites for hydroxylation is 1. The van der Waals surface area contributed by atoms with Crippen molar-refractivity contribution in [2.24, 2.45) is 5.73 Å². The lowest BCUT2D eigenvalue weighted by Crippen LogP contribution is -2.23. The summed E-state index contributed by atoms with van der Waals surface area (Å²) in [4.78, 5) is 23.5. The molecule has 1 heterocycles. The fourth-order valence-electron chi connectivity index (χ4n) is 3.11. The Hall–Kier alpha value is -3.61. The number of primary amides is 1. The summed E-state index contributed by atoms with van der Waals surface area (Å²) in [6.45, 7) is 4.10. The summed E-state index contributed by atoms with van der Waals surface area (Å²) in [6.07, 6.45) is 0. The second-order valence-electron chi connectivity index (χ2n) is 6.47. The molecule has 3 aromatic rings. The number of hydrogen-bond donors (Lipinski definition) is 3. The van der Waals surface area contributed by atoms with Crippen molar-refractivity contribution in [3.63, 3.8) is 0 Å². The van der Waals surface area contributed by atoms with Gasteiger partial charge < -0.3 is 20.9 Å². The van der Waals surface area contributed by atoms with Gasteiger partial charge in [-0.15, -0.1) is 0 Å². The van der Waals surface area contributed by atoms with E-state index in [4.69, 9.17) is 5.73 Å². The molecule has 1 aromatic heterocycles. The molecule has 0 unspecified atom stereocenters. The summed E-state index contributed by atoms with van der Waals surface area (Å²) in [7, 11) is 0. The van der Waals surface area contributed by atoms with Gasteiger partial charge in [0.1, 0.15) is 5.82 Å². The van der Waals surface area contributed by atoms with Crippen molar-refractivity contribution in [1.29, 1.82) is 0 Å². The lowest BCUT2D eigenvalue weighted by atomic mass is 10.2. The molecule has 0 aliphatic rings. The topological polar surface area (TPSA) is 89.2 Å². The molecular formula is C21H21FN4O2. The number of nitrogens with one attached hydrogen (secondary N) is 2. The zero-order valence-corrected chi connectivity index (χ0v) is 15.6. The van der Waals surface area contributed by atoms with Crippen LogP contribution in [0.15, 0.2) is 54.6 Å². The summed E-state index contributed by atoms with van der Waals surface area (Å²) in [5, 5.41) is 5.38. The Kier molecular flexibility index (Phi) is 5.44. The lowest BCUT2D eigenvalue weighted by molar-refractivity contribution is 0.0950. The van der Waals surface area contributed by atoms with Crippen LogP contribution in [0.2, 0.25) is 0 Å². The minimum Gasteiger partial charge on any atom is -0.351 e. The normalized spacial score (nSPS) is 10.5. The molecule has 4 N–H and O–H groups in total. The Balaban J connectivity index is 1.72. The van der Waals surface area contributed by atoms with Crippen LogP contribution >= 0.6 is 0 Å². The minimum absolute atomic E-state index is 0.194. The molecule has 28 heavy (non-hydrogen) atoms. The molecule has 0 aliphatic carbocycles. The molecular weight excluding hydrogens is 359 g/mol. The maximum atomic E-state index is 13.2. The minimum atomic E-state index is -0.627. The van der Waals surface area contributed by atoms with Gasteiger partial charge in [0.25, 0.3) is 5.91 Å². The van der Waals surface area contributed by atoms with Crippen molar-refractivity contribution < 1.29 is 14.0 Å². The Bertz CT molecular complexity index is 1010. The third kappa shape index (κ3) is 4.20. The van der Waals surface area contributed by atoms with Gasteiger partial charge in [0.2, 0.25) is 0 Å². The Morgan fingerprint density at radius 2 is 1.68 bits per heavy atom. The van der Waals surface area contributed by atoms with Crippen LogP contribution in [0.4, 0.5) is 14.9 Å². The van der Waals surface area contributed by atoms with Gasteiger partial charge in [0, 0.05) is 29.3 Å². The highest BCUT2D eigenvalue weighted by Crippen LogP contribution is 2.21. The highest BCUT2D eigenvalue weighted by molar-refractivity contribution is 5.96. The fraction of sp³-hybridized carbons (Fsp3) is 0.143. The third-order valence-corrected chi connectivity index (χ3v) is 4.44. The van der Waals surface area contributed by atoms with Crippen molar-refractivity contribution in [2.75, 3.05) is 5.32 Å². The molecule has 6 nitrogen and oxygen atoms in total. The van der Waals surface area contributed by atoms with E-state index in [9.17, 15) is 14.0 Å². The van der Waals surface area contributed by atoms with Gasteiger partial charge in [-0.2, -0.15) is 0 Å². The Labute approximate surface area is 162 Å². The quantitative estimate of drug-likeness (QED) is 0.631. The molecule has 2 aromatic carbocycles. The van der Waals surface area contributed by atoms with Crippen LogP contribution in [-0.4, -0.2) is 16.5 Å². The first-order chi connectivity index (χ1) is 13.3. The number of hydrogen-bond acceptors (Lipinski definition) is 2. The number of nitrogens with zero attached hydrogens (tertiary/aromatic N) is 1. The zero-order valence-electron chi connectivity index (χ0n) is 15.6. The predicted octanol–water partition coefficient (Wildman–Crippen LogP) is 3.65. The highest BCUT2D eigenvalue weighted by Gasteiger charge is 2.16. The molecule has 0 radical (unpaired) electrons. The van der Waals surface area contributed by atoms with E-state index in [1.54, 1.807) is 36.4 Å². The number of anilines is 1. The molecule has 0 saturated heterocycles. The molecule has 7 heteroatoms. The molecule has 0 bridgehead atoms. The lowest BCUT2D eigenvalue weighted by Gasteiger charge is -2.10. The van der Waals surface area contributed by atoms with E-state index >= 15 is 0 Å². The monoisotopic (exact) mass is 380 g/mol. The van der Waals surface area contributed by atoms with Crippen LogP contribution in [0.1, 0.15) is 27.3 Å². The SMILES string of the molecule is Cc1cc(C(=O)NCc2ccc(NC(N)=O)cc2)c(C)n1-c1ccc(F)cc1. The van der Waals surface area contributed by atoms with Crippen LogP contribution in [0.3, 0.4) is 0 Å². The standard InChI is InChI=1S/C21H21FN4O2/c1-13-11-19(14(2)26(13)18-9-5-16(22)6-10-18)20(27)24-12-15-3-7-17(8-4-15)25-21(23)28/h3-11H,12H2,1-2H3,(H,24,27)(H3,23,25,28). The van der Waals surface area contributed by atoms with E-state index < -0.39 is 6.03 Å². The Morgan fingerprint density at radius 1 is 1.04 bits per heavy atom. The highest BCUT2D eigenvalue weighted by atomic mass is 19.1. The first-order valence-corrected chi connectivity index (χ1v) is 8.73. The van der Waals surface area contributed by atoms with Crippen LogP contribution in [0.25, 0.3) is 5.69 Å². The van der Waals surface area contributed by atoms with Gasteiger partial charge in [-0.25, -0.2) is 9.18 Å². The van der Waals surface area contributed by atoms with Crippen molar-refractivity contribution in [1.82, 2.24) is 9.88 Å². The second-order valence-corrected chi connectivity index (χ2v) is 6.47. The smallest absolute Gasteiger partial charge is 0.316 e. The van der Waals surface area contributed by atoms with Crippen LogP contribution in [0, 0.1) is 19.7 Å². The number of carbonyl (C=O) groups excluding carboxylic acids is 2. The van der Waals surface area contributed by atoms with E-state index in [0.29, 0.717) is 17.8 Å². The van der Waals surface area contributed by atoms with E-state index in [2.05, 4.69) is 10.6 Å². The molecule has 0 spiro atoms. The number of halogens is 1. The number of benzene rings is 2. The summed E-state index contributed by atoms with van der Waals surface area (Å²) in [5.41, 5.74) is 9.58. The maximum absolute atomic E-state index is 13.2. The zero-order chi connectivity index (χ0) is 20.3. The van der Waals surface area contributed by atoms with Crippen molar-refractivity contribution in [2.45, 2.75) is 20.4 Å². The fourth-order valence-corrected chi connectivity index (χ4v) is 3.11. The van der Waals surface area contributed by atoms with Crippen LogP contribution < -0.4 is 16.4 Å². The van der Waals surface area contributed by atoms with E-state index in [1.807, 2.05) is 24.5 Å². The first kappa shape index (κ1) is 19.2. The number of rotatable bonds is 5. The third-order valence-electron chi connectivity index (χ3n) is 4.44. The molecule has 0 fully saturated rings. The van der Waals surface area contributed by atoms with Gasteiger partial charge in [0.15, 0.2) is 0 Å². The van der Waals surface area contributed by atoms with Crippen LogP contribution in [-0.2, 0) is 6.54 Å².